The quantitative estimate of drug-likeness (QED) is 0.778. The summed E-state index contributed by atoms with van der Waals surface area (Å²) in [7, 11) is -3.50. The Labute approximate surface area is 145 Å². The summed E-state index contributed by atoms with van der Waals surface area (Å²) in [6, 6.07) is 12.4. The maximum Gasteiger partial charge on any atom is 0.243 e. The fraction of sp³-hybridized carbons (Fsp3) is 0.235. The van der Waals surface area contributed by atoms with Crippen molar-refractivity contribution in [2.75, 3.05) is 13.1 Å². The molecule has 0 atom stereocenters. The third-order valence-electron chi connectivity index (χ3n) is 4.32. The largest absolute Gasteiger partial charge is 0.342 e. The summed E-state index contributed by atoms with van der Waals surface area (Å²) in [4.78, 5) is 8.12. The molecular formula is C17H16ClN3O2S. The third-order valence-corrected chi connectivity index (χ3v) is 6.39. The van der Waals surface area contributed by atoms with E-state index in [1.54, 1.807) is 18.2 Å². The standard InChI is InChI=1S/C17H16ClN3O2S/c1-11-5-6-15-16(7-11)20-17(19-15)12-9-21(10-12)24(22,23)14-4-2-3-13(18)8-14/h2-8,12H,9-10H2,1H3,(H,19,20). The van der Waals surface area contributed by atoms with E-state index in [-0.39, 0.29) is 10.8 Å². The maximum absolute atomic E-state index is 12.6. The molecule has 1 aliphatic heterocycles. The second-order valence-electron chi connectivity index (χ2n) is 6.12. The molecule has 1 N–H and O–H groups in total. The van der Waals surface area contributed by atoms with Gasteiger partial charge < -0.3 is 4.98 Å². The summed E-state index contributed by atoms with van der Waals surface area (Å²) in [6.07, 6.45) is 0. The monoisotopic (exact) mass is 361 g/mol. The van der Waals surface area contributed by atoms with E-state index in [1.807, 2.05) is 25.1 Å². The highest BCUT2D eigenvalue weighted by atomic mass is 35.5. The number of hydrogen-bond donors (Lipinski definition) is 1. The topological polar surface area (TPSA) is 66.1 Å². The van der Waals surface area contributed by atoms with Crippen molar-refractivity contribution in [3.63, 3.8) is 0 Å². The van der Waals surface area contributed by atoms with Gasteiger partial charge in [-0.3, -0.25) is 0 Å². The molecule has 1 saturated heterocycles. The summed E-state index contributed by atoms with van der Waals surface area (Å²) in [5.74, 6) is 0.930. The van der Waals surface area contributed by atoms with E-state index in [4.69, 9.17) is 11.6 Å². The Bertz CT molecular complexity index is 1020. The number of aromatic nitrogens is 2. The molecule has 0 aliphatic carbocycles. The van der Waals surface area contributed by atoms with Crippen LogP contribution in [-0.4, -0.2) is 35.8 Å². The van der Waals surface area contributed by atoms with Crippen LogP contribution in [-0.2, 0) is 10.0 Å². The Balaban J connectivity index is 1.54. The lowest BCUT2D eigenvalue weighted by Gasteiger charge is -2.36. The normalized spacial score (nSPS) is 16.4. The summed E-state index contributed by atoms with van der Waals surface area (Å²) < 4.78 is 26.7. The predicted octanol–water partition coefficient (Wildman–Crippen LogP) is 3.31. The molecular weight excluding hydrogens is 346 g/mol. The molecule has 24 heavy (non-hydrogen) atoms. The number of H-pyrrole nitrogens is 1. The summed E-state index contributed by atoms with van der Waals surface area (Å²) in [5, 5.41) is 0.417. The van der Waals surface area contributed by atoms with Crippen LogP contribution in [0.2, 0.25) is 5.02 Å². The Morgan fingerprint density at radius 3 is 2.75 bits per heavy atom. The molecule has 4 rings (SSSR count). The van der Waals surface area contributed by atoms with Crippen molar-refractivity contribution in [1.29, 1.82) is 0 Å². The highest BCUT2D eigenvalue weighted by molar-refractivity contribution is 7.89. The van der Waals surface area contributed by atoms with Crippen LogP contribution in [0, 0.1) is 6.92 Å². The van der Waals surface area contributed by atoms with Gasteiger partial charge in [0, 0.05) is 24.0 Å². The van der Waals surface area contributed by atoms with Gasteiger partial charge in [-0.25, -0.2) is 13.4 Å². The molecule has 0 saturated carbocycles. The molecule has 2 aromatic carbocycles. The number of nitrogens with zero attached hydrogens (tertiary/aromatic N) is 2. The zero-order chi connectivity index (χ0) is 16.9. The Morgan fingerprint density at radius 2 is 2.00 bits per heavy atom. The van der Waals surface area contributed by atoms with E-state index in [9.17, 15) is 8.42 Å². The third kappa shape index (κ3) is 2.60. The van der Waals surface area contributed by atoms with Gasteiger partial charge in [0.2, 0.25) is 10.0 Å². The van der Waals surface area contributed by atoms with E-state index in [0.717, 1.165) is 22.4 Å². The molecule has 1 aliphatic rings. The van der Waals surface area contributed by atoms with Gasteiger partial charge in [0.25, 0.3) is 0 Å². The minimum Gasteiger partial charge on any atom is -0.342 e. The van der Waals surface area contributed by atoms with E-state index < -0.39 is 10.0 Å². The average Bonchev–Trinajstić information content (AvgIpc) is 2.87. The molecule has 7 heteroatoms. The van der Waals surface area contributed by atoms with Gasteiger partial charge in [0.1, 0.15) is 5.82 Å². The minimum absolute atomic E-state index is 0.0895. The fourth-order valence-corrected chi connectivity index (χ4v) is 4.75. The number of halogens is 1. The first kappa shape index (κ1) is 15.6. The molecule has 0 radical (unpaired) electrons. The number of imidazole rings is 1. The summed E-state index contributed by atoms with van der Waals surface area (Å²) >= 11 is 5.90. The van der Waals surface area contributed by atoms with E-state index in [0.29, 0.717) is 18.1 Å². The number of sulfonamides is 1. The smallest absolute Gasteiger partial charge is 0.243 e. The Kier molecular flexibility index (Phi) is 3.63. The van der Waals surface area contributed by atoms with Crippen molar-refractivity contribution in [1.82, 2.24) is 14.3 Å². The molecule has 0 bridgehead atoms. The number of aromatic amines is 1. The lowest BCUT2D eigenvalue weighted by atomic mass is 10.0. The van der Waals surface area contributed by atoms with E-state index in [1.165, 1.54) is 10.4 Å². The second-order valence-corrected chi connectivity index (χ2v) is 8.49. The average molecular weight is 362 g/mol. The molecule has 0 amide bonds. The number of fused-ring (bicyclic) bond motifs is 1. The first-order chi connectivity index (χ1) is 11.4. The molecule has 0 unspecified atom stereocenters. The molecule has 0 spiro atoms. The number of aryl methyl sites for hydroxylation is 1. The lowest BCUT2D eigenvalue weighted by Crippen LogP contribution is -2.48. The Hall–Kier alpha value is -1.89. The van der Waals surface area contributed by atoms with E-state index >= 15 is 0 Å². The van der Waals surface area contributed by atoms with Crippen LogP contribution >= 0.6 is 11.6 Å². The van der Waals surface area contributed by atoms with Crippen LogP contribution in [0.1, 0.15) is 17.3 Å². The molecule has 2 heterocycles. The van der Waals surface area contributed by atoms with Gasteiger partial charge in [-0.15, -0.1) is 0 Å². The molecule has 1 aromatic heterocycles. The minimum atomic E-state index is -3.50. The molecule has 3 aromatic rings. The first-order valence-corrected chi connectivity index (χ1v) is 9.47. The molecule has 1 fully saturated rings. The number of rotatable bonds is 3. The first-order valence-electron chi connectivity index (χ1n) is 7.65. The SMILES string of the molecule is Cc1ccc2nc(C3CN(S(=O)(=O)c4cccc(Cl)c4)C3)[nH]c2c1. The summed E-state index contributed by atoms with van der Waals surface area (Å²) in [6.45, 7) is 2.88. The predicted molar refractivity (Wildman–Crippen MR) is 93.8 cm³/mol. The highest BCUT2D eigenvalue weighted by Gasteiger charge is 2.39. The van der Waals surface area contributed by atoms with Gasteiger partial charge >= 0.3 is 0 Å². The molecule has 124 valence electrons. The number of nitrogens with one attached hydrogen (secondary N) is 1. The highest BCUT2D eigenvalue weighted by Crippen LogP contribution is 2.32. The Morgan fingerprint density at radius 1 is 1.21 bits per heavy atom. The van der Waals surface area contributed by atoms with Crippen molar-refractivity contribution >= 4 is 32.7 Å². The second kappa shape index (κ2) is 5.58. The lowest BCUT2D eigenvalue weighted by molar-refractivity contribution is 0.257. The van der Waals surface area contributed by atoms with Gasteiger partial charge in [-0.05, 0) is 42.8 Å². The fourth-order valence-electron chi connectivity index (χ4n) is 2.92. The van der Waals surface area contributed by atoms with Crippen molar-refractivity contribution < 1.29 is 8.42 Å². The molecule has 5 nitrogen and oxygen atoms in total. The van der Waals surface area contributed by atoms with Gasteiger partial charge in [0.05, 0.1) is 15.9 Å². The van der Waals surface area contributed by atoms with Gasteiger partial charge in [-0.2, -0.15) is 4.31 Å². The van der Waals surface area contributed by atoms with Gasteiger partial charge in [-0.1, -0.05) is 23.7 Å². The van der Waals surface area contributed by atoms with Crippen molar-refractivity contribution in [3.05, 3.63) is 58.9 Å². The van der Waals surface area contributed by atoms with Crippen LogP contribution in [0.25, 0.3) is 11.0 Å². The van der Waals surface area contributed by atoms with Crippen LogP contribution in [0.4, 0.5) is 0 Å². The van der Waals surface area contributed by atoms with Crippen molar-refractivity contribution in [2.45, 2.75) is 17.7 Å². The number of hydrogen-bond acceptors (Lipinski definition) is 3. The van der Waals surface area contributed by atoms with Crippen LogP contribution < -0.4 is 0 Å². The zero-order valence-corrected chi connectivity index (χ0v) is 14.6. The van der Waals surface area contributed by atoms with Crippen molar-refractivity contribution in [3.8, 4) is 0 Å². The summed E-state index contributed by atoms with van der Waals surface area (Å²) in [5.41, 5.74) is 3.06. The van der Waals surface area contributed by atoms with E-state index in [2.05, 4.69) is 9.97 Å². The van der Waals surface area contributed by atoms with Crippen LogP contribution in [0.3, 0.4) is 0 Å². The maximum atomic E-state index is 12.6. The van der Waals surface area contributed by atoms with Gasteiger partial charge in [0.15, 0.2) is 0 Å². The zero-order valence-electron chi connectivity index (χ0n) is 13.0. The van der Waals surface area contributed by atoms with Crippen molar-refractivity contribution in [2.24, 2.45) is 0 Å². The number of benzene rings is 2. The van der Waals surface area contributed by atoms with Crippen LogP contribution in [0.5, 0.6) is 0 Å². The van der Waals surface area contributed by atoms with Crippen LogP contribution in [0.15, 0.2) is 47.4 Å².